The van der Waals surface area contributed by atoms with Crippen LogP contribution in [-0.2, 0) is 9.59 Å². The third-order valence-electron chi connectivity index (χ3n) is 5.09. The number of nitrogens with zero attached hydrogens (tertiary/aromatic N) is 1. The number of nitrogens with one attached hydrogen (secondary N) is 2. The molecule has 3 unspecified atom stereocenters. The van der Waals surface area contributed by atoms with E-state index in [2.05, 4.69) is 10.6 Å². The van der Waals surface area contributed by atoms with Gasteiger partial charge in [0.25, 0.3) is 5.91 Å². The minimum atomic E-state index is -0.950. The first kappa shape index (κ1) is 16.4. The minimum Gasteiger partial charge on any atom is -0.368 e. The maximum Gasteiger partial charge on any atom is 0.322 e. The number of rotatable bonds is 4. The molecule has 0 radical (unpaired) electrons. The second kappa shape index (κ2) is 6.24. The molecule has 1 aromatic rings. The van der Waals surface area contributed by atoms with Crippen LogP contribution in [0, 0.1) is 5.92 Å². The van der Waals surface area contributed by atoms with Crippen molar-refractivity contribution in [2.75, 3.05) is 13.1 Å². The van der Waals surface area contributed by atoms with Gasteiger partial charge in [-0.25, -0.2) is 4.79 Å². The van der Waals surface area contributed by atoms with Crippen LogP contribution in [0.2, 0.25) is 0 Å². The van der Waals surface area contributed by atoms with Crippen LogP contribution in [0.3, 0.4) is 0 Å². The van der Waals surface area contributed by atoms with Gasteiger partial charge in [-0.05, 0) is 31.9 Å². The number of carbonyl (C=O) groups is 3. The van der Waals surface area contributed by atoms with E-state index in [1.54, 1.807) is 6.92 Å². The Kier molecular flexibility index (Phi) is 4.28. The summed E-state index contributed by atoms with van der Waals surface area (Å²) >= 11 is 0. The van der Waals surface area contributed by atoms with Crippen molar-refractivity contribution in [2.45, 2.75) is 31.3 Å². The number of nitrogens with two attached hydrogens (primary N) is 1. The van der Waals surface area contributed by atoms with Crippen molar-refractivity contribution in [3.63, 3.8) is 0 Å². The Labute approximate surface area is 140 Å². The van der Waals surface area contributed by atoms with Gasteiger partial charge < -0.3 is 11.1 Å². The van der Waals surface area contributed by atoms with Gasteiger partial charge in [-0.15, -0.1) is 0 Å². The van der Waals surface area contributed by atoms with Crippen molar-refractivity contribution >= 4 is 17.8 Å². The smallest absolute Gasteiger partial charge is 0.322 e. The molecule has 7 nitrogen and oxygen atoms in total. The number of imide groups is 1. The Morgan fingerprint density at radius 3 is 2.62 bits per heavy atom. The zero-order chi connectivity index (χ0) is 17.3. The van der Waals surface area contributed by atoms with E-state index in [9.17, 15) is 14.4 Å². The molecule has 0 bridgehead atoms. The molecule has 0 saturated carbocycles. The first-order valence-corrected chi connectivity index (χ1v) is 8.13. The SMILES string of the molecule is CC1(C2CCCN(C(C(N)=O)c3ccccc3)C2)NC(=O)NC1=O. The van der Waals surface area contributed by atoms with Crippen molar-refractivity contribution in [1.29, 1.82) is 0 Å². The van der Waals surface area contributed by atoms with E-state index in [1.807, 2.05) is 35.2 Å². The van der Waals surface area contributed by atoms with E-state index >= 15 is 0 Å². The second-order valence-electron chi connectivity index (χ2n) is 6.66. The van der Waals surface area contributed by atoms with Crippen molar-refractivity contribution in [1.82, 2.24) is 15.5 Å². The largest absolute Gasteiger partial charge is 0.368 e. The molecule has 0 aliphatic carbocycles. The molecule has 2 aliphatic rings. The molecule has 128 valence electrons. The summed E-state index contributed by atoms with van der Waals surface area (Å²) in [4.78, 5) is 37.8. The highest BCUT2D eigenvalue weighted by molar-refractivity contribution is 6.07. The predicted octanol–water partition coefficient (Wildman–Crippen LogP) is 0.523. The number of carbonyl (C=O) groups excluding carboxylic acids is 3. The first-order valence-electron chi connectivity index (χ1n) is 8.13. The second-order valence-corrected chi connectivity index (χ2v) is 6.66. The van der Waals surface area contributed by atoms with Crippen LogP contribution in [0.25, 0.3) is 0 Å². The number of hydrogen-bond donors (Lipinski definition) is 3. The van der Waals surface area contributed by atoms with Gasteiger partial charge in [0.2, 0.25) is 5.91 Å². The van der Waals surface area contributed by atoms with Gasteiger partial charge in [0, 0.05) is 12.5 Å². The molecule has 0 spiro atoms. The standard InChI is InChI=1S/C17H22N4O3/c1-17(15(23)19-16(24)20-17)12-8-5-9-21(10-12)13(14(18)22)11-6-3-2-4-7-11/h2-4,6-7,12-13H,5,8-10H2,1H3,(H2,18,22)(H2,19,20,23,24). The Hall–Kier alpha value is -2.41. The predicted molar refractivity (Wildman–Crippen MR) is 87.8 cm³/mol. The molecule has 2 aliphatic heterocycles. The normalized spacial score (nSPS) is 29.0. The van der Waals surface area contributed by atoms with Crippen molar-refractivity contribution in [3.8, 4) is 0 Å². The van der Waals surface area contributed by atoms with E-state index in [-0.39, 0.29) is 11.8 Å². The van der Waals surface area contributed by atoms with Gasteiger partial charge >= 0.3 is 6.03 Å². The molecule has 7 heteroatoms. The summed E-state index contributed by atoms with van der Waals surface area (Å²) < 4.78 is 0. The Morgan fingerprint density at radius 1 is 1.33 bits per heavy atom. The van der Waals surface area contributed by atoms with E-state index in [0.29, 0.717) is 6.54 Å². The van der Waals surface area contributed by atoms with Gasteiger partial charge in [-0.2, -0.15) is 0 Å². The van der Waals surface area contributed by atoms with Crippen LogP contribution >= 0.6 is 0 Å². The zero-order valence-corrected chi connectivity index (χ0v) is 13.6. The molecular formula is C17H22N4O3. The zero-order valence-electron chi connectivity index (χ0n) is 13.6. The monoisotopic (exact) mass is 330 g/mol. The fourth-order valence-electron chi connectivity index (χ4n) is 3.75. The number of amides is 4. The fraction of sp³-hybridized carbons (Fsp3) is 0.471. The summed E-state index contributed by atoms with van der Waals surface area (Å²) in [6, 6.07) is 8.40. The number of urea groups is 1. The summed E-state index contributed by atoms with van der Waals surface area (Å²) in [7, 11) is 0. The topological polar surface area (TPSA) is 105 Å². The first-order chi connectivity index (χ1) is 11.4. The van der Waals surface area contributed by atoms with Crippen molar-refractivity contribution in [2.24, 2.45) is 11.7 Å². The number of benzene rings is 1. The number of primary amides is 1. The Morgan fingerprint density at radius 2 is 2.04 bits per heavy atom. The molecule has 3 rings (SSSR count). The van der Waals surface area contributed by atoms with E-state index in [4.69, 9.17) is 5.73 Å². The molecule has 2 saturated heterocycles. The molecule has 2 heterocycles. The van der Waals surface area contributed by atoms with Crippen LogP contribution < -0.4 is 16.4 Å². The van der Waals surface area contributed by atoms with Crippen LogP contribution in [-0.4, -0.2) is 41.4 Å². The quantitative estimate of drug-likeness (QED) is 0.700. The summed E-state index contributed by atoms with van der Waals surface area (Å²) in [5.74, 6) is -0.801. The maximum atomic E-state index is 12.2. The highest BCUT2D eigenvalue weighted by Gasteiger charge is 2.49. The third-order valence-corrected chi connectivity index (χ3v) is 5.09. The van der Waals surface area contributed by atoms with Crippen molar-refractivity contribution < 1.29 is 14.4 Å². The molecule has 2 fully saturated rings. The van der Waals surface area contributed by atoms with Crippen LogP contribution in [0.5, 0.6) is 0 Å². The molecular weight excluding hydrogens is 308 g/mol. The Balaban J connectivity index is 1.83. The molecule has 3 atom stereocenters. The van der Waals surface area contributed by atoms with Crippen LogP contribution in [0.4, 0.5) is 4.79 Å². The summed E-state index contributed by atoms with van der Waals surface area (Å²) in [6.07, 6.45) is 1.64. The average molecular weight is 330 g/mol. The van der Waals surface area contributed by atoms with E-state index in [0.717, 1.165) is 24.9 Å². The molecule has 4 amide bonds. The van der Waals surface area contributed by atoms with Gasteiger partial charge in [0.05, 0.1) is 0 Å². The highest BCUT2D eigenvalue weighted by atomic mass is 16.2. The third kappa shape index (κ3) is 2.87. The van der Waals surface area contributed by atoms with Crippen LogP contribution in [0.15, 0.2) is 30.3 Å². The summed E-state index contributed by atoms with van der Waals surface area (Å²) in [6.45, 7) is 2.99. The number of piperidine rings is 1. The lowest BCUT2D eigenvalue weighted by molar-refractivity contribution is -0.127. The van der Waals surface area contributed by atoms with Crippen molar-refractivity contribution in [3.05, 3.63) is 35.9 Å². The number of likely N-dealkylation sites (tertiary alicyclic amines) is 1. The summed E-state index contributed by atoms with van der Waals surface area (Å²) in [5.41, 5.74) is 5.54. The van der Waals surface area contributed by atoms with E-state index in [1.165, 1.54) is 0 Å². The van der Waals surface area contributed by atoms with Crippen LogP contribution in [0.1, 0.15) is 31.4 Å². The fourth-order valence-corrected chi connectivity index (χ4v) is 3.75. The lowest BCUT2D eigenvalue weighted by atomic mass is 9.79. The van der Waals surface area contributed by atoms with Gasteiger partial charge in [-0.3, -0.25) is 19.8 Å². The van der Waals surface area contributed by atoms with Gasteiger partial charge in [-0.1, -0.05) is 30.3 Å². The summed E-state index contributed by atoms with van der Waals surface area (Å²) in [5, 5.41) is 5.04. The van der Waals surface area contributed by atoms with Gasteiger partial charge in [0.1, 0.15) is 11.6 Å². The highest BCUT2D eigenvalue weighted by Crippen LogP contribution is 2.33. The molecule has 24 heavy (non-hydrogen) atoms. The minimum absolute atomic E-state index is 0.0803. The lowest BCUT2D eigenvalue weighted by Crippen LogP contribution is -2.56. The lowest BCUT2D eigenvalue weighted by Gasteiger charge is -2.42. The average Bonchev–Trinajstić information content (AvgIpc) is 2.82. The van der Waals surface area contributed by atoms with Gasteiger partial charge in [0.15, 0.2) is 0 Å². The number of hydrogen-bond acceptors (Lipinski definition) is 4. The Bertz CT molecular complexity index is 663. The molecule has 4 N–H and O–H groups in total. The van der Waals surface area contributed by atoms with E-state index < -0.39 is 23.5 Å². The molecule has 1 aromatic carbocycles. The maximum absolute atomic E-state index is 12.2. The molecule has 0 aromatic heterocycles.